The van der Waals surface area contributed by atoms with Crippen LogP contribution in [0.1, 0.15) is 33.6 Å². The Morgan fingerprint density at radius 3 is 2.63 bits per heavy atom. The Morgan fingerprint density at radius 1 is 1.15 bits per heavy atom. The summed E-state index contributed by atoms with van der Waals surface area (Å²) in [6.45, 7) is 5.85. The van der Waals surface area contributed by atoms with Gasteiger partial charge in [-0.25, -0.2) is 0 Å². The van der Waals surface area contributed by atoms with Crippen LogP contribution in [-0.2, 0) is 14.3 Å². The van der Waals surface area contributed by atoms with Gasteiger partial charge in [-0.1, -0.05) is 0 Å². The number of nitrogens with one attached hydrogen (secondary N) is 1. The van der Waals surface area contributed by atoms with Crippen molar-refractivity contribution in [2.75, 3.05) is 5.32 Å². The van der Waals surface area contributed by atoms with Crippen molar-refractivity contribution >= 4 is 51.6 Å². The third-order valence-corrected chi connectivity index (χ3v) is 9.09. The molecule has 1 aliphatic heterocycles. The molecule has 2 atom stereocenters. The molecule has 2 heterocycles. The second-order valence-corrected chi connectivity index (χ2v) is 10.4. The Balaban J connectivity index is 1.53. The van der Waals surface area contributed by atoms with Gasteiger partial charge in [0.05, 0.1) is 0 Å². The Hall–Kier alpha value is -2.17. The van der Waals surface area contributed by atoms with Gasteiger partial charge >= 0.3 is 163 Å². The second kappa shape index (κ2) is 5.21. The molecule has 2 fully saturated rings. The van der Waals surface area contributed by atoms with E-state index in [1.54, 1.807) is 0 Å². The van der Waals surface area contributed by atoms with Crippen LogP contribution in [-0.4, -0.2) is 37.0 Å². The predicted molar refractivity (Wildman–Crippen MR) is 105 cm³/mol. The van der Waals surface area contributed by atoms with Crippen molar-refractivity contribution in [3.63, 3.8) is 0 Å². The zero-order valence-corrected chi connectivity index (χ0v) is 17.2. The molecule has 2 aliphatic rings. The number of carbonyl (C=O) groups is 2. The SMILES string of the molecule is CC1(C)[C@@]2(C(=O)Nc3nc4ccc5ccccc5c4[se]3)CC[C@]1(C)C(=O)O2. The number of hydrogen-bond donors (Lipinski definition) is 1. The van der Waals surface area contributed by atoms with Crippen LogP contribution in [0, 0.1) is 10.8 Å². The van der Waals surface area contributed by atoms with Crippen molar-refractivity contribution in [1.29, 1.82) is 0 Å². The van der Waals surface area contributed by atoms with Gasteiger partial charge in [-0.15, -0.1) is 0 Å². The van der Waals surface area contributed by atoms with Crippen LogP contribution in [0.4, 0.5) is 4.69 Å². The normalized spacial score (nSPS) is 28.6. The number of carbonyl (C=O) groups excluding carboxylic acids is 2. The molecular formula is C21H20N2O3Se. The molecule has 2 bridgehead atoms. The molecule has 6 heteroatoms. The van der Waals surface area contributed by atoms with Crippen molar-refractivity contribution in [2.45, 2.75) is 39.2 Å². The number of fused-ring (bicyclic) bond motifs is 5. The second-order valence-electron chi connectivity index (χ2n) is 8.28. The van der Waals surface area contributed by atoms with Crippen molar-refractivity contribution in [2.24, 2.45) is 10.8 Å². The molecule has 27 heavy (non-hydrogen) atoms. The number of anilines is 1. The first-order chi connectivity index (χ1) is 12.8. The van der Waals surface area contributed by atoms with E-state index in [0.29, 0.717) is 17.5 Å². The zero-order chi connectivity index (χ0) is 19.0. The number of hydrogen-bond acceptors (Lipinski definition) is 4. The van der Waals surface area contributed by atoms with Gasteiger partial charge in [-0.05, 0) is 0 Å². The topological polar surface area (TPSA) is 68.3 Å². The molecule has 5 rings (SSSR count). The first-order valence-electron chi connectivity index (χ1n) is 9.12. The van der Waals surface area contributed by atoms with Crippen molar-refractivity contribution in [3.8, 4) is 0 Å². The summed E-state index contributed by atoms with van der Waals surface area (Å²) in [5, 5.41) is 5.37. The van der Waals surface area contributed by atoms with E-state index in [0.717, 1.165) is 5.52 Å². The molecule has 0 spiro atoms. The Labute approximate surface area is 162 Å². The van der Waals surface area contributed by atoms with E-state index in [4.69, 9.17) is 4.74 Å². The molecule has 1 N–H and O–H groups in total. The van der Waals surface area contributed by atoms with Crippen LogP contribution in [0.3, 0.4) is 0 Å². The fourth-order valence-corrected chi connectivity index (χ4v) is 6.74. The summed E-state index contributed by atoms with van der Waals surface area (Å²) in [6.07, 6.45) is 1.24. The van der Waals surface area contributed by atoms with Crippen molar-refractivity contribution < 1.29 is 14.3 Å². The Bertz CT molecular complexity index is 1130. The molecule has 1 aliphatic carbocycles. The van der Waals surface area contributed by atoms with E-state index in [1.807, 2.05) is 39.0 Å². The molecule has 2 aromatic carbocycles. The molecule has 1 saturated carbocycles. The van der Waals surface area contributed by atoms with E-state index in [1.165, 1.54) is 15.0 Å². The van der Waals surface area contributed by atoms with Gasteiger partial charge in [0, 0.05) is 0 Å². The third-order valence-electron chi connectivity index (χ3n) is 6.95. The van der Waals surface area contributed by atoms with E-state index in [-0.39, 0.29) is 26.4 Å². The first-order valence-corrected chi connectivity index (χ1v) is 10.8. The molecule has 3 aromatic rings. The fraction of sp³-hybridized carbons (Fsp3) is 0.381. The Kier molecular flexibility index (Phi) is 3.27. The van der Waals surface area contributed by atoms with E-state index in [9.17, 15) is 9.59 Å². The van der Waals surface area contributed by atoms with E-state index < -0.39 is 16.4 Å². The summed E-state index contributed by atoms with van der Waals surface area (Å²) in [4.78, 5) is 30.3. The molecule has 0 radical (unpaired) electrons. The number of esters is 1. The standard InChI is InChI=1S/C21H20N2O3Se/c1-19(2)20(3)10-11-21(19,26-17(20)25)16(24)23-18-22-14-9-8-12-6-4-5-7-13(12)15(14)27-18/h4-9H,10-11H2,1-3H3,(H,22,23,24)/t20-,21+/m1/s1. The fourth-order valence-electron chi connectivity index (χ4n) is 4.65. The molecule has 5 nitrogen and oxygen atoms in total. The minimum atomic E-state index is -1.10. The van der Waals surface area contributed by atoms with Crippen LogP contribution < -0.4 is 5.32 Å². The molecule has 0 unspecified atom stereocenters. The molecule has 138 valence electrons. The van der Waals surface area contributed by atoms with Gasteiger partial charge in [0.15, 0.2) is 0 Å². The van der Waals surface area contributed by atoms with Crippen LogP contribution >= 0.6 is 0 Å². The number of benzene rings is 2. The number of aromatic nitrogens is 1. The number of amides is 1. The summed E-state index contributed by atoms with van der Waals surface area (Å²) >= 11 is -0.0862. The van der Waals surface area contributed by atoms with E-state index >= 15 is 0 Å². The maximum atomic E-state index is 13.2. The van der Waals surface area contributed by atoms with Crippen molar-refractivity contribution in [1.82, 2.24) is 4.98 Å². The molecule has 1 amide bonds. The summed E-state index contributed by atoms with van der Waals surface area (Å²) < 4.78 is 7.56. The van der Waals surface area contributed by atoms with Crippen LogP contribution in [0.25, 0.3) is 20.5 Å². The summed E-state index contributed by atoms with van der Waals surface area (Å²) in [5.41, 5.74) is -1.34. The quantitative estimate of drug-likeness (QED) is 0.502. The predicted octanol–water partition coefficient (Wildman–Crippen LogP) is 3.51. The number of nitrogens with zero attached hydrogens (tertiary/aromatic N) is 1. The number of ether oxygens (including phenoxy) is 1. The van der Waals surface area contributed by atoms with Gasteiger partial charge in [0.1, 0.15) is 0 Å². The average molecular weight is 427 g/mol. The average Bonchev–Trinajstić information content (AvgIpc) is 3.19. The number of rotatable bonds is 2. The van der Waals surface area contributed by atoms with Gasteiger partial charge in [-0.2, -0.15) is 0 Å². The first kappa shape index (κ1) is 17.0. The Morgan fingerprint density at radius 2 is 1.93 bits per heavy atom. The van der Waals surface area contributed by atoms with Gasteiger partial charge < -0.3 is 0 Å². The van der Waals surface area contributed by atoms with Crippen LogP contribution in [0.15, 0.2) is 36.4 Å². The monoisotopic (exact) mass is 428 g/mol. The molecular weight excluding hydrogens is 407 g/mol. The van der Waals surface area contributed by atoms with Crippen LogP contribution in [0.2, 0.25) is 0 Å². The summed E-state index contributed by atoms with van der Waals surface area (Å²) in [5.74, 6) is -0.498. The minimum absolute atomic E-state index is 0.0862. The summed E-state index contributed by atoms with van der Waals surface area (Å²) in [6, 6.07) is 12.3. The summed E-state index contributed by atoms with van der Waals surface area (Å²) in [7, 11) is 0. The van der Waals surface area contributed by atoms with Gasteiger partial charge in [0.2, 0.25) is 0 Å². The van der Waals surface area contributed by atoms with Crippen LogP contribution in [0.5, 0.6) is 0 Å². The zero-order valence-electron chi connectivity index (χ0n) is 15.5. The molecule has 1 saturated heterocycles. The molecule has 1 aromatic heterocycles. The van der Waals surface area contributed by atoms with Gasteiger partial charge in [-0.3, -0.25) is 0 Å². The van der Waals surface area contributed by atoms with Crippen molar-refractivity contribution in [3.05, 3.63) is 36.4 Å². The third kappa shape index (κ3) is 1.97. The van der Waals surface area contributed by atoms with Gasteiger partial charge in [0.25, 0.3) is 0 Å². The van der Waals surface area contributed by atoms with E-state index in [2.05, 4.69) is 28.5 Å². The maximum absolute atomic E-state index is 13.2.